The van der Waals surface area contributed by atoms with Crippen LogP contribution >= 0.6 is 15.9 Å². The van der Waals surface area contributed by atoms with Gasteiger partial charge in [0.15, 0.2) is 0 Å². The molecule has 15 heavy (non-hydrogen) atoms. The largest absolute Gasteiger partial charge is 0.353 e. The predicted molar refractivity (Wildman–Crippen MR) is 66.8 cm³/mol. The van der Waals surface area contributed by atoms with E-state index in [0.29, 0.717) is 6.54 Å². The van der Waals surface area contributed by atoms with Crippen LogP contribution in [0.15, 0.2) is 30.3 Å². The molecule has 0 atom stereocenters. The van der Waals surface area contributed by atoms with Gasteiger partial charge in [-0.15, -0.1) is 0 Å². The average molecular weight is 268 g/mol. The highest BCUT2D eigenvalue weighted by Crippen LogP contribution is 2.13. The van der Waals surface area contributed by atoms with E-state index in [0.717, 1.165) is 5.33 Å². The Morgan fingerprint density at radius 1 is 1.47 bits per heavy atom. The van der Waals surface area contributed by atoms with Crippen molar-refractivity contribution in [2.75, 3.05) is 6.54 Å². The van der Waals surface area contributed by atoms with E-state index >= 15 is 0 Å². The van der Waals surface area contributed by atoms with Gasteiger partial charge in [-0.05, 0) is 11.1 Å². The lowest BCUT2D eigenvalue weighted by Gasteiger charge is -2.01. The van der Waals surface area contributed by atoms with E-state index in [4.69, 9.17) is 0 Å². The molecule has 0 unspecified atom stereocenters. The molecule has 0 radical (unpaired) electrons. The SMILES string of the molecule is CC(=O)NCC=Cc1ccccc1CBr. The summed E-state index contributed by atoms with van der Waals surface area (Å²) in [6, 6.07) is 8.15. The Morgan fingerprint density at radius 3 is 2.87 bits per heavy atom. The van der Waals surface area contributed by atoms with Crippen molar-refractivity contribution in [1.82, 2.24) is 5.32 Å². The minimum Gasteiger partial charge on any atom is -0.353 e. The van der Waals surface area contributed by atoms with Crippen LogP contribution in [0.4, 0.5) is 0 Å². The van der Waals surface area contributed by atoms with E-state index in [1.807, 2.05) is 24.3 Å². The first kappa shape index (κ1) is 12.0. The second kappa shape index (κ2) is 6.40. The first-order chi connectivity index (χ1) is 7.24. The summed E-state index contributed by atoms with van der Waals surface area (Å²) in [4.78, 5) is 10.6. The van der Waals surface area contributed by atoms with E-state index in [1.54, 1.807) is 0 Å². The smallest absolute Gasteiger partial charge is 0.217 e. The van der Waals surface area contributed by atoms with Gasteiger partial charge in [-0.25, -0.2) is 0 Å². The Bertz CT molecular complexity index is 360. The molecule has 0 saturated heterocycles. The van der Waals surface area contributed by atoms with E-state index in [1.165, 1.54) is 18.1 Å². The minimum absolute atomic E-state index is 0.00609. The fourth-order valence-electron chi connectivity index (χ4n) is 1.21. The number of carbonyl (C=O) groups is 1. The summed E-state index contributed by atoms with van der Waals surface area (Å²) in [6.45, 7) is 2.09. The van der Waals surface area contributed by atoms with Crippen LogP contribution in [-0.4, -0.2) is 12.5 Å². The van der Waals surface area contributed by atoms with Crippen molar-refractivity contribution in [2.45, 2.75) is 12.3 Å². The van der Waals surface area contributed by atoms with Gasteiger partial charge in [-0.3, -0.25) is 4.79 Å². The van der Waals surface area contributed by atoms with E-state index in [2.05, 4.69) is 33.4 Å². The summed E-state index contributed by atoms with van der Waals surface area (Å²) in [5.41, 5.74) is 2.43. The normalized spacial score (nSPS) is 10.5. The maximum atomic E-state index is 10.6. The van der Waals surface area contributed by atoms with Crippen molar-refractivity contribution < 1.29 is 4.79 Å². The van der Waals surface area contributed by atoms with Gasteiger partial charge in [-0.1, -0.05) is 52.3 Å². The van der Waals surface area contributed by atoms with Crippen molar-refractivity contribution in [3.63, 3.8) is 0 Å². The van der Waals surface area contributed by atoms with Gasteiger partial charge >= 0.3 is 0 Å². The molecular weight excluding hydrogens is 254 g/mol. The van der Waals surface area contributed by atoms with Gasteiger partial charge in [0.25, 0.3) is 0 Å². The average Bonchev–Trinajstić information content (AvgIpc) is 2.24. The number of hydrogen-bond donors (Lipinski definition) is 1. The molecule has 0 aliphatic rings. The Morgan fingerprint density at radius 2 is 2.20 bits per heavy atom. The molecule has 1 aromatic carbocycles. The molecule has 0 fully saturated rings. The zero-order valence-electron chi connectivity index (χ0n) is 8.66. The lowest BCUT2D eigenvalue weighted by Crippen LogP contribution is -2.19. The molecule has 1 amide bonds. The van der Waals surface area contributed by atoms with Crippen molar-refractivity contribution in [1.29, 1.82) is 0 Å². The third kappa shape index (κ3) is 4.30. The van der Waals surface area contributed by atoms with Crippen molar-refractivity contribution >= 4 is 27.9 Å². The molecule has 0 bridgehead atoms. The Balaban J connectivity index is 2.59. The van der Waals surface area contributed by atoms with Crippen LogP contribution in [-0.2, 0) is 10.1 Å². The molecule has 80 valence electrons. The van der Waals surface area contributed by atoms with Crippen LogP contribution < -0.4 is 5.32 Å². The molecule has 0 heterocycles. The highest BCUT2D eigenvalue weighted by molar-refractivity contribution is 9.08. The summed E-state index contributed by atoms with van der Waals surface area (Å²) in [6.07, 6.45) is 3.97. The molecule has 2 nitrogen and oxygen atoms in total. The quantitative estimate of drug-likeness (QED) is 0.836. The van der Waals surface area contributed by atoms with Crippen molar-refractivity contribution in [3.8, 4) is 0 Å². The number of nitrogens with one attached hydrogen (secondary N) is 1. The summed E-state index contributed by atoms with van der Waals surface area (Å²) in [5.74, 6) is -0.00609. The number of amides is 1. The molecule has 0 aliphatic carbocycles. The number of benzene rings is 1. The second-order valence-corrected chi connectivity index (χ2v) is 3.73. The fourth-order valence-corrected chi connectivity index (χ4v) is 1.72. The van der Waals surface area contributed by atoms with Gasteiger partial charge < -0.3 is 5.32 Å². The molecular formula is C12H14BrNO. The van der Waals surface area contributed by atoms with Crippen LogP contribution in [0.2, 0.25) is 0 Å². The Labute approximate surface area is 98.5 Å². The van der Waals surface area contributed by atoms with Crippen LogP contribution in [0.25, 0.3) is 6.08 Å². The molecule has 1 aromatic rings. The van der Waals surface area contributed by atoms with Gasteiger partial charge in [-0.2, -0.15) is 0 Å². The minimum atomic E-state index is -0.00609. The molecule has 3 heteroatoms. The summed E-state index contributed by atoms with van der Waals surface area (Å²) < 4.78 is 0. The van der Waals surface area contributed by atoms with Crippen LogP contribution in [0.1, 0.15) is 18.1 Å². The van der Waals surface area contributed by atoms with Gasteiger partial charge in [0.1, 0.15) is 0 Å². The lowest BCUT2D eigenvalue weighted by molar-refractivity contribution is -0.118. The first-order valence-electron chi connectivity index (χ1n) is 4.79. The van der Waals surface area contributed by atoms with Crippen molar-refractivity contribution in [3.05, 3.63) is 41.5 Å². The summed E-state index contributed by atoms with van der Waals surface area (Å²) >= 11 is 3.44. The predicted octanol–water partition coefficient (Wildman–Crippen LogP) is 2.73. The van der Waals surface area contributed by atoms with Gasteiger partial charge in [0.05, 0.1) is 0 Å². The highest BCUT2D eigenvalue weighted by atomic mass is 79.9. The third-order valence-corrected chi connectivity index (χ3v) is 2.57. The fraction of sp³-hybridized carbons (Fsp3) is 0.250. The molecule has 0 spiro atoms. The maximum Gasteiger partial charge on any atom is 0.217 e. The van der Waals surface area contributed by atoms with Gasteiger partial charge in [0, 0.05) is 18.8 Å². The summed E-state index contributed by atoms with van der Waals surface area (Å²) in [7, 11) is 0. The van der Waals surface area contributed by atoms with Crippen LogP contribution in [0.3, 0.4) is 0 Å². The molecule has 0 saturated carbocycles. The van der Waals surface area contributed by atoms with E-state index in [9.17, 15) is 4.79 Å². The lowest BCUT2D eigenvalue weighted by atomic mass is 10.1. The Kier molecular flexibility index (Phi) is 5.12. The molecule has 1 N–H and O–H groups in total. The second-order valence-electron chi connectivity index (χ2n) is 3.17. The number of hydrogen-bond acceptors (Lipinski definition) is 1. The Hall–Kier alpha value is -1.09. The molecule has 1 rings (SSSR count). The zero-order chi connectivity index (χ0) is 11.1. The van der Waals surface area contributed by atoms with Crippen LogP contribution in [0, 0.1) is 0 Å². The topological polar surface area (TPSA) is 29.1 Å². The first-order valence-corrected chi connectivity index (χ1v) is 5.91. The maximum absolute atomic E-state index is 10.6. The number of rotatable bonds is 4. The van der Waals surface area contributed by atoms with Crippen LogP contribution in [0.5, 0.6) is 0 Å². The number of alkyl halides is 1. The van der Waals surface area contributed by atoms with E-state index in [-0.39, 0.29) is 5.91 Å². The molecule has 0 aromatic heterocycles. The van der Waals surface area contributed by atoms with Crippen molar-refractivity contribution in [2.24, 2.45) is 0 Å². The monoisotopic (exact) mass is 267 g/mol. The zero-order valence-corrected chi connectivity index (χ0v) is 10.3. The van der Waals surface area contributed by atoms with Gasteiger partial charge in [0.2, 0.25) is 5.91 Å². The number of carbonyl (C=O) groups excluding carboxylic acids is 1. The molecule has 0 aliphatic heterocycles. The third-order valence-electron chi connectivity index (χ3n) is 1.97. The highest BCUT2D eigenvalue weighted by Gasteiger charge is 1.94. The standard InChI is InChI=1S/C12H14BrNO/c1-10(15)14-8-4-7-11-5-2-3-6-12(11)9-13/h2-7H,8-9H2,1H3,(H,14,15). The number of halogens is 1. The van der Waals surface area contributed by atoms with E-state index < -0.39 is 0 Å². The summed E-state index contributed by atoms with van der Waals surface area (Å²) in [5, 5.41) is 3.56.